The molecule has 0 amide bonds. The minimum atomic E-state index is -4.64. The number of nitrogens with one attached hydrogen (secondary N) is 1. The van der Waals surface area contributed by atoms with Crippen LogP contribution in [0.2, 0.25) is 0 Å². The van der Waals surface area contributed by atoms with Gasteiger partial charge in [-0.25, -0.2) is 28.7 Å². The number of rotatable bonds is 10. The zero-order chi connectivity index (χ0) is 98.7. The van der Waals surface area contributed by atoms with Gasteiger partial charge in [0.05, 0.1) is 54.4 Å². The first kappa shape index (κ1) is 103. The van der Waals surface area contributed by atoms with Crippen molar-refractivity contribution >= 4 is 130 Å². The van der Waals surface area contributed by atoms with Gasteiger partial charge in [0.15, 0.2) is 23.0 Å². The molecule has 9 aromatic carbocycles. The molecule has 20 nitrogen and oxygen atoms in total. The molecule has 40 heteroatoms. The molecule has 9 heterocycles. The average Bonchev–Trinajstić information content (AvgIpc) is 1.40. The summed E-state index contributed by atoms with van der Waals surface area (Å²) in [6, 6.07) is 49.6. The Morgan fingerprint density at radius 3 is 1.40 bits per heavy atom. The van der Waals surface area contributed by atoms with Crippen molar-refractivity contribution < 1.29 is 120 Å². The molecule has 4 aliphatic rings. The van der Waals surface area contributed by atoms with Crippen molar-refractivity contribution in [2.24, 2.45) is 16.6 Å². The Morgan fingerprint density at radius 2 is 0.941 bits per heavy atom. The molecule has 0 spiro atoms. The van der Waals surface area contributed by atoms with E-state index in [9.17, 15) is 84.2 Å². The number of ether oxygens (including phenoxy) is 7. The van der Waals surface area contributed by atoms with Crippen LogP contribution in [0.1, 0.15) is 77.0 Å². The second-order valence-corrected chi connectivity index (χ2v) is 36.2. The summed E-state index contributed by atoms with van der Waals surface area (Å²) in [5.74, 6) is -0.599. The van der Waals surface area contributed by atoms with Gasteiger partial charge in [-0.15, -0.1) is 0 Å². The van der Waals surface area contributed by atoms with Gasteiger partial charge in [-0.2, -0.15) is 52.7 Å². The first-order valence-electron chi connectivity index (χ1n) is 40.9. The van der Waals surface area contributed by atoms with Crippen molar-refractivity contribution in [3.63, 3.8) is 0 Å². The summed E-state index contributed by atoms with van der Waals surface area (Å²) in [7, 11) is 4.42. The molecule has 0 bridgehead atoms. The normalized spacial score (nSPS) is 15.9. The van der Waals surface area contributed by atoms with E-state index in [4.69, 9.17) is 65.3 Å². The number of aliphatic imine (C=N–C) groups is 1. The summed E-state index contributed by atoms with van der Waals surface area (Å²) in [5, 5.41) is 6.66. The van der Waals surface area contributed by atoms with E-state index in [0.29, 0.717) is 60.1 Å². The number of hydrogen-bond donors (Lipinski definition) is 4. The third-order valence-corrected chi connectivity index (χ3v) is 26.6. The van der Waals surface area contributed by atoms with Crippen LogP contribution in [0.15, 0.2) is 235 Å². The monoisotopic (exact) mass is 2100 g/mol. The average molecular weight is 2100 g/mol. The predicted octanol–water partition coefficient (Wildman–Crippen LogP) is 24.1. The first-order valence-corrected chi connectivity index (χ1v) is 45.1. The molecule has 18 rings (SSSR count). The molecule has 14 aromatic rings. The number of halogens is 20. The van der Waals surface area contributed by atoms with Crippen LogP contribution in [0.4, 0.5) is 86.3 Å². The van der Waals surface area contributed by atoms with Crippen LogP contribution in [-0.2, 0) is 65.2 Å². The molecule has 5 aromatic heterocycles. The fourth-order valence-corrected chi connectivity index (χ4v) is 20.1. The van der Waals surface area contributed by atoms with E-state index in [1.165, 1.54) is 68.3 Å². The molecule has 4 aliphatic heterocycles. The predicted molar refractivity (Wildman–Crippen MR) is 492 cm³/mol. The van der Waals surface area contributed by atoms with E-state index in [-0.39, 0.29) is 123 Å². The minimum Gasteiger partial charge on any atom is -0.486 e. The van der Waals surface area contributed by atoms with E-state index in [2.05, 4.69) is 64.8 Å². The fraction of sp³-hybridized carbons (Fsp3) is 0.250. The summed E-state index contributed by atoms with van der Waals surface area (Å²) in [6.07, 6.45) is -10.6. The van der Waals surface area contributed by atoms with Crippen molar-refractivity contribution in [3.8, 4) is 45.5 Å². The van der Waals surface area contributed by atoms with Crippen LogP contribution in [-0.4, -0.2) is 118 Å². The number of methoxy groups -OCH3 is 3. The zero-order valence-electron chi connectivity index (χ0n) is 72.5. The number of alkyl halides is 16. The van der Waals surface area contributed by atoms with E-state index in [0.717, 1.165) is 34.5 Å². The van der Waals surface area contributed by atoms with Crippen LogP contribution < -0.4 is 41.5 Å². The van der Waals surface area contributed by atoms with E-state index in [1.54, 1.807) is 143 Å². The number of fused-ring (bicyclic) bond motifs is 8. The number of aromatic nitrogens is 5. The van der Waals surface area contributed by atoms with Crippen LogP contribution in [0.5, 0.6) is 23.0 Å². The van der Waals surface area contributed by atoms with Gasteiger partial charge in [0.25, 0.3) is 5.24 Å². The molecule has 0 saturated carbocycles. The van der Waals surface area contributed by atoms with Gasteiger partial charge in [0, 0.05) is 100 Å². The molecule has 136 heavy (non-hydrogen) atoms. The Hall–Kier alpha value is -12.4. The third-order valence-electron chi connectivity index (χ3n) is 21.1. The van der Waals surface area contributed by atoms with E-state index in [1.807, 2.05) is 30.3 Å². The largest absolute Gasteiger partial charge is 0.486 e. The fourth-order valence-electron chi connectivity index (χ4n) is 15.0. The van der Waals surface area contributed by atoms with Crippen LogP contribution in [0.25, 0.3) is 76.4 Å². The van der Waals surface area contributed by atoms with E-state index >= 15 is 0 Å². The summed E-state index contributed by atoms with van der Waals surface area (Å²) in [5.41, 5.74) is 13.8. The molecule has 0 aliphatic carbocycles. The molecule has 716 valence electrons. The standard InChI is InChI=1S/C28H30F3N3O4.C22H19F3N2O4.C10H5BrF3N.C10H10F3IO.C10H7F3N2.C9H8N2.C7H3ClF2O/c1-15(2)22-27(36-4)33-20(26(34-22)35-3)13-16-9-10-19(25-24(16)37-11-12-38-25)23-21(28(29,30)31)18-8-6-5-7-17(18)14-32-23;1-29-21(28)16(26)10-12-6-7-15(20-19(12)30-8-9-31-20)18-17(22(23,24)25)14-5-3-2-4-13(14)11-27-18;11-9-8(10(12,13)14)7-4-2-1-3-6(7)5-15-9;1-9(2)7-5-3-4-6-8(7)14(15-9)10(11,12)13;11-10(12,13)8-7-4-2-1-3-6(7)5-15-9(8)14;10-9-5-7-3-1-2-4-8(7)6-11-9;8-7(11)6-4(9)2-1-3-5(6)10/h5-10,14-15,20,22,27,33H,11-13H2,1-4H3;2-7,11,16H,8-10,26H2,1H3;1-5H;3-6H,1-2H3;1-5H,(H2,14,15);1-6H,(H2,10,11);1-3H/t20-,22+,27?;16-;;;;;/m00...../s1. The van der Waals surface area contributed by atoms with Crippen molar-refractivity contribution in [1.82, 2.24) is 30.2 Å². The maximum atomic E-state index is 14.4. The Morgan fingerprint density at radius 1 is 0.522 bits per heavy atom. The van der Waals surface area contributed by atoms with Crippen LogP contribution in [0.3, 0.4) is 0 Å². The zero-order valence-corrected chi connectivity index (χ0v) is 77.0. The van der Waals surface area contributed by atoms with Gasteiger partial charge >= 0.3 is 124 Å². The van der Waals surface area contributed by atoms with Crippen LogP contribution >= 0.6 is 47.8 Å². The van der Waals surface area contributed by atoms with E-state index < -0.39 is 117 Å². The number of hydrogen-bond acceptors (Lipinski definition) is 20. The van der Waals surface area contributed by atoms with Gasteiger partial charge in [0.1, 0.15) is 77.7 Å². The van der Waals surface area contributed by atoms with Crippen LogP contribution in [0, 0.1) is 21.1 Å². The maximum absolute atomic E-state index is 14.4. The molecular formula is C96H82BrClF17IN10O10. The molecule has 0 saturated heterocycles. The van der Waals surface area contributed by atoms with Crippen molar-refractivity contribution in [1.29, 1.82) is 0 Å². The minimum absolute atomic E-state index is 0.0438. The Kier molecular flexibility index (Phi) is 32.6. The van der Waals surface area contributed by atoms with Gasteiger partial charge in [-0.05, 0) is 90.7 Å². The summed E-state index contributed by atoms with van der Waals surface area (Å²) < 4.78 is 265. The SMILES string of the molecule is CC1(C)OI(C(F)(F)F)c2ccccc21.COC(=O)[C@@H](N)Cc1ccc(-c2ncc3ccccc3c2C(F)(F)F)c2c1OCCO2.COC1=N[C@H](C(C)C)C(OC)N[C@H]1Cc1ccc(-c2ncc3ccccc3c2C(F)(F)F)c2c1OCCO2.FC(F)(F)c1c(Br)ncc2ccccc12.Nc1cc2ccccc2cn1.Nc1ncc2ccccc2c1C(F)(F)F.O=C(Cl)c1c(F)cccc1F. The second kappa shape index (κ2) is 43.3. The second-order valence-electron chi connectivity index (χ2n) is 30.9. The number of esters is 1. The Balaban J connectivity index is 0.000000151. The first-order chi connectivity index (χ1) is 64.3. The summed E-state index contributed by atoms with van der Waals surface area (Å²) in [6.45, 7) is 8.38. The van der Waals surface area contributed by atoms with Crippen molar-refractivity contribution in [2.45, 2.75) is 99.4 Å². The number of nitrogens with two attached hydrogens (primary N) is 3. The Labute approximate surface area is 786 Å². The number of benzene rings is 9. The quantitative estimate of drug-likeness (QED) is 0.0247. The van der Waals surface area contributed by atoms with Crippen molar-refractivity contribution in [2.75, 3.05) is 59.2 Å². The maximum Gasteiger partial charge on any atom is 0.420 e. The molecule has 4 atom stereocenters. The number of nitrogens with zero attached hydrogens (tertiary/aromatic N) is 6. The topological polar surface area (TPSA) is 275 Å². The number of anilines is 2. The number of carbonyl (C=O) groups excluding carboxylic acids is 2. The number of pyridine rings is 5. The third kappa shape index (κ3) is 24.0. The molecule has 7 N–H and O–H groups in total. The molecule has 0 fully saturated rings. The number of carbonyl (C=O) groups is 2. The van der Waals surface area contributed by atoms with Gasteiger partial charge < -0.3 is 50.4 Å². The number of nitrogen functional groups attached to an aromatic ring is 2. The summed E-state index contributed by atoms with van der Waals surface area (Å²) >= 11 is 4.23. The molecule has 0 radical (unpaired) electrons. The van der Waals surface area contributed by atoms with Gasteiger partial charge in [-0.1, -0.05) is 153 Å². The van der Waals surface area contributed by atoms with Gasteiger partial charge in [0.2, 0.25) is 5.90 Å². The molecular weight excluding hydrogens is 2020 g/mol. The smallest absolute Gasteiger partial charge is 0.420 e. The van der Waals surface area contributed by atoms with Gasteiger partial charge in [-0.3, -0.25) is 24.9 Å². The molecule has 1 unspecified atom stereocenters. The summed E-state index contributed by atoms with van der Waals surface area (Å²) in [4.78, 5) is 46.4. The van der Waals surface area contributed by atoms with Crippen molar-refractivity contribution in [3.05, 3.63) is 289 Å². The Bertz CT molecular complexity index is 6610.